The summed E-state index contributed by atoms with van der Waals surface area (Å²) in [6.45, 7) is 3.36. The van der Waals surface area contributed by atoms with E-state index in [2.05, 4.69) is 39.6 Å². The van der Waals surface area contributed by atoms with E-state index in [0.717, 1.165) is 18.5 Å². The van der Waals surface area contributed by atoms with Crippen LogP contribution in [0.2, 0.25) is 0 Å². The SMILES string of the molecule is CCC1CCC(NCc2cc(Br)cs2)CC1. The molecule has 0 atom stereocenters. The molecule has 1 nitrogen and oxygen atoms in total. The fourth-order valence-corrected chi connectivity index (χ4v) is 3.87. The van der Waals surface area contributed by atoms with Crippen LogP contribution in [0.25, 0.3) is 0 Å². The highest BCUT2D eigenvalue weighted by Crippen LogP contribution is 2.27. The van der Waals surface area contributed by atoms with Crippen LogP contribution < -0.4 is 5.32 Å². The highest BCUT2D eigenvalue weighted by Gasteiger charge is 2.19. The Morgan fingerprint density at radius 2 is 2.12 bits per heavy atom. The lowest BCUT2D eigenvalue weighted by Gasteiger charge is -2.28. The number of nitrogens with one attached hydrogen (secondary N) is 1. The number of halogens is 1. The first-order chi connectivity index (χ1) is 7.78. The molecular formula is C13H20BrNS. The summed E-state index contributed by atoms with van der Waals surface area (Å²) in [5.41, 5.74) is 0. The molecule has 2 rings (SSSR count). The third-order valence-corrected chi connectivity index (χ3v) is 5.31. The normalized spacial score (nSPS) is 25.9. The number of rotatable bonds is 4. The zero-order chi connectivity index (χ0) is 11.4. The minimum atomic E-state index is 0.753. The molecule has 1 heterocycles. The molecule has 0 unspecified atom stereocenters. The molecule has 1 aromatic heterocycles. The van der Waals surface area contributed by atoms with Gasteiger partial charge in [0.1, 0.15) is 0 Å². The summed E-state index contributed by atoms with van der Waals surface area (Å²) in [6, 6.07) is 2.97. The molecule has 1 aromatic rings. The average Bonchev–Trinajstić information content (AvgIpc) is 2.73. The minimum Gasteiger partial charge on any atom is -0.309 e. The third-order valence-electron chi connectivity index (χ3n) is 3.61. The van der Waals surface area contributed by atoms with E-state index in [4.69, 9.17) is 0 Å². The van der Waals surface area contributed by atoms with Crippen LogP contribution in [0.5, 0.6) is 0 Å². The Morgan fingerprint density at radius 3 is 2.69 bits per heavy atom. The lowest BCUT2D eigenvalue weighted by molar-refractivity contribution is 0.285. The molecule has 0 aliphatic heterocycles. The van der Waals surface area contributed by atoms with Gasteiger partial charge in [0.2, 0.25) is 0 Å². The van der Waals surface area contributed by atoms with Crippen LogP contribution in [0.1, 0.15) is 43.9 Å². The Balaban J connectivity index is 1.71. The van der Waals surface area contributed by atoms with Crippen LogP contribution in [0.15, 0.2) is 15.9 Å². The van der Waals surface area contributed by atoms with Crippen molar-refractivity contribution in [2.45, 2.75) is 51.6 Å². The first-order valence-electron chi connectivity index (χ1n) is 6.24. The maximum Gasteiger partial charge on any atom is 0.0302 e. The van der Waals surface area contributed by atoms with Gasteiger partial charge >= 0.3 is 0 Å². The van der Waals surface area contributed by atoms with E-state index in [1.54, 1.807) is 0 Å². The van der Waals surface area contributed by atoms with Crippen molar-refractivity contribution in [2.24, 2.45) is 5.92 Å². The smallest absolute Gasteiger partial charge is 0.0302 e. The monoisotopic (exact) mass is 301 g/mol. The Bertz CT molecular complexity index is 315. The average molecular weight is 302 g/mol. The Hall–Kier alpha value is 0.140. The summed E-state index contributed by atoms with van der Waals surface area (Å²) < 4.78 is 1.21. The van der Waals surface area contributed by atoms with Crippen LogP contribution in [-0.4, -0.2) is 6.04 Å². The van der Waals surface area contributed by atoms with Crippen molar-refractivity contribution in [2.75, 3.05) is 0 Å². The largest absolute Gasteiger partial charge is 0.309 e. The second kappa shape index (κ2) is 6.18. The third kappa shape index (κ3) is 3.57. The summed E-state index contributed by atoms with van der Waals surface area (Å²) in [6.07, 6.45) is 6.94. The fourth-order valence-electron chi connectivity index (χ4n) is 2.47. The van der Waals surface area contributed by atoms with Gasteiger partial charge in [0.05, 0.1) is 0 Å². The second-order valence-corrected chi connectivity index (χ2v) is 6.65. The van der Waals surface area contributed by atoms with Crippen molar-refractivity contribution < 1.29 is 0 Å². The van der Waals surface area contributed by atoms with Crippen molar-refractivity contribution in [1.82, 2.24) is 5.32 Å². The van der Waals surface area contributed by atoms with Gasteiger partial charge in [-0.2, -0.15) is 0 Å². The Labute approximate surface area is 111 Å². The number of hydrogen-bond donors (Lipinski definition) is 1. The molecule has 1 aliphatic rings. The van der Waals surface area contributed by atoms with Crippen molar-refractivity contribution in [3.8, 4) is 0 Å². The van der Waals surface area contributed by atoms with Crippen molar-refractivity contribution >= 4 is 27.3 Å². The topological polar surface area (TPSA) is 12.0 Å². The standard InChI is InChI=1S/C13H20BrNS/c1-2-10-3-5-12(6-4-10)15-8-13-7-11(14)9-16-13/h7,9-10,12,15H,2-6,8H2,1H3. The van der Waals surface area contributed by atoms with E-state index < -0.39 is 0 Å². The van der Waals surface area contributed by atoms with Gasteiger partial charge in [-0.15, -0.1) is 11.3 Å². The summed E-state index contributed by atoms with van der Waals surface area (Å²) in [7, 11) is 0. The Kier molecular flexibility index (Phi) is 4.86. The van der Waals surface area contributed by atoms with Crippen LogP contribution >= 0.6 is 27.3 Å². The van der Waals surface area contributed by atoms with Gasteiger partial charge in [-0.3, -0.25) is 0 Å². The van der Waals surface area contributed by atoms with Gasteiger partial charge in [0.15, 0.2) is 0 Å². The van der Waals surface area contributed by atoms with Crippen LogP contribution in [0.3, 0.4) is 0 Å². The van der Waals surface area contributed by atoms with Crippen molar-refractivity contribution in [1.29, 1.82) is 0 Å². The minimum absolute atomic E-state index is 0.753. The lowest BCUT2D eigenvalue weighted by atomic mass is 9.84. The quantitative estimate of drug-likeness (QED) is 0.859. The molecule has 1 aliphatic carbocycles. The molecule has 1 N–H and O–H groups in total. The van der Waals surface area contributed by atoms with Crippen LogP contribution in [-0.2, 0) is 6.54 Å². The molecular weight excluding hydrogens is 282 g/mol. The first kappa shape index (κ1) is 12.6. The van der Waals surface area contributed by atoms with E-state index >= 15 is 0 Å². The Morgan fingerprint density at radius 1 is 1.38 bits per heavy atom. The summed E-state index contributed by atoms with van der Waals surface area (Å²) in [4.78, 5) is 1.43. The zero-order valence-corrected chi connectivity index (χ0v) is 12.2. The number of thiophene rings is 1. The van der Waals surface area contributed by atoms with Gasteiger partial charge in [0, 0.05) is 27.3 Å². The lowest BCUT2D eigenvalue weighted by Crippen LogP contribution is -2.32. The highest BCUT2D eigenvalue weighted by molar-refractivity contribution is 9.10. The molecule has 90 valence electrons. The predicted molar refractivity (Wildman–Crippen MR) is 74.9 cm³/mol. The molecule has 16 heavy (non-hydrogen) atoms. The van der Waals surface area contributed by atoms with Crippen molar-refractivity contribution in [3.63, 3.8) is 0 Å². The molecule has 1 saturated carbocycles. The van der Waals surface area contributed by atoms with Gasteiger partial charge in [-0.1, -0.05) is 13.3 Å². The first-order valence-corrected chi connectivity index (χ1v) is 7.91. The van der Waals surface area contributed by atoms with Crippen molar-refractivity contribution in [3.05, 3.63) is 20.8 Å². The molecule has 1 fully saturated rings. The van der Waals surface area contributed by atoms with Crippen LogP contribution in [0, 0.1) is 5.92 Å². The van der Waals surface area contributed by atoms with E-state index in [1.165, 1.54) is 41.5 Å². The van der Waals surface area contributed by atoms with E-state index in [0.29, 0.717) is 0 Å². The highest BCUT2D eigenvalue weighted by atomic mass is 79.9. The van der Waals surface area contributed by atoms with Gasteiger partial charge in [-0.25, -0.2) is 0 Å². The maximum atomic E-state index is 3.69. The van der Waals surface area contributed by atoms with E-state index in [-0.39, 0.29) is 0 Å². The summed E-state index contributed by atoms with van der Waals surface area (Å²) in [5.74, 6) is 0.994. The molecule has 0 radical (unpaired) electrons. The second-order valence-electron chi connectivity index (χ2n) is 4.74. The van der Waals surface area contributed by atoms with Crippen LogP contribution in [0.4, 0.5) is 0 Å². The van der Waals surface area contributed by atoms with E-state index in [1.807, 2.05) is 11.3 Å². The predicted octanol–water partition coefficient (Wildman–Crippen LogP) is 4.57. The number of hydrogen-bond acceptors (Lipinski definition) is 2. The zero-order valence-electron chi connectivity index (χ0n) is 9.84. The maximum absolute atomic E-state index is 3.69. The van der Waals surface area contributed by atoms with Gasteiger partial charge < -0.3 is 5.32 Å². The fraction of sp³-hybridized carbons (Fsp3) is 0.692. The van der Waals surface area contributed by atoms with E-state index in [9.17, 15) is 0 Å². The summed E-state index contributed by atoms with van der Waals surface area (Å²) >= 11 is 5.33. The molecule has 3 heteroatoms. The molecule has 0 aromatic carbocycles. The molecule has 0 spiro atoms. The molecule has 0 amide bonds. The summed E-state index contributed by atoms with van der Waals surface area (Å²) in [5, 5.41) is 5.84. The van der Waals surface area contributed by atoms with Gasteiger partial charge in [0.25, 0.3) is 0 Å². The molecule has 0 saturated heterocycles. The molecule has 0 bridgehead atoms. The van der Waals surface area contributed by atoms with Gasteiger partial charge in [-0.05, 0) is 53.6 Å².